The van der Waals surface area contributed by atoms with Gasteiger partial charge in [0, 0.05) is 25.2 Å². The fourth-order valence-electron chi connectivity index (χ4n) is 1.81. The van der Waals surface area contributed by atoms with Gasteiger partial charge >= 0.3 is 0 Å². The lowest BCUT2D eigenvalue weighted by atomic mass is 10.1. The highest BCUT2D eigenvalue weighted by molar-refractivity contribution is 5.76. The molecule has 0 fully saturated rings. The predicted octanol–water partition coefficient (Wildman–Crippen LogP) is 0.467. The molecule has 0 radical (unpaired) electrons. The summed E-state index contributed by atoms with van der Waals surface area (Å²) in [5.74, 6) is -0.0331. The smallest absolute Gasteiger partial charge is 0.220 e. The number of rotatable bonds is 5. The van der Waals surface area contributed by atoms with E-state index in [2.05, 4.69) is 10.4 Å². The van der Waals surface area contributed by atoms with Crippen molar-refractivity contribution >= 4 is 5.91 Å². The van der Waals surface area contributed by atoms with Crippen LogP contribution in [0.2, 0.25) is 0 Å². The molecule has 96 valence electrons. The minimum Gasteiger partial charge on any atom is -0.394 e. The quantitative estimate of drug-likeness (QED) is 0.784. The summed E-state index contributed by atoms with van der Waals surface area (Å²) in [7, 11) is 1.90. The second-order valence-electron chi connectivity index (χ2n) is 4.42. The highest BCUT2D eigenvalue weighted by Crippen LogP contribution is 2.13. The van der Waals surface area contributed by atoms with Crippen molar-refractivity contribution in [3.8, 4) is 0 Å². The van der Waals surface area contributed by atoms with Gasteiger partial charge in [-0.15, -0.1) is 0 Å². The lowest BCUT2D eigenvalue weighted by Gasteiger charge is -2.10. The van der Waals surface area contributed by atoms with Crippen LogP contribution in [-0.2, 0) is 18.3 Å². The normalized spacial score (nSPS) is 12.5. The topological polar surface area (TPSA) is 67.2 Å². The van der Waals surface area contributed by atoms with Gasteiger partial charge in [0.05, 0.1) is 12.3 Å². The van der Waals surface area contributed by atoms with Crippen molar-refractivity contribution in [1.82, 2.24) is 15.1 Å². The Morgan fingerprint density at radius 3 is 2.65 bits per heavy atom. The molecule has 0 aromatic carbocycles. The van der Waals surface area contributed by atoms with Crippen LogP contribution in [0.4, 0.5) is 0 Å². The Bertz CT molecular complexity index is 399. The van der Waals surface area contributed by atoms with Crippen molar-refractivity contribution in [3.05, 3.63) is 17.0 Å². The molecule has 1 aromatic rings. The maximum absolute atomic E-state index is 11.6. The molecule has 1 rings (SSSR count). The van der Waals surface area contributed by atoms with E-state index < -0.39 is 0 Å². The number of carbonyl (C=O) groups is 1. The second kappa shape index (κ2) is 5.82. The summed E-state index contributed by atoms with van der Waals surface area (Å²) in [6.45, 7) is 5.70. The third kappa shape index (κ3) is 3.56. The van der Waals surface area contributed by atoms with Crippen LogP contribution in [0, 0.1) is 13.8 Å². The summed E-state index contributed by atoms with van der Waals surface area (Å²) in [6, 6.07) is -0.182. The average Bonchev–Trinajstić information content (AvgIpc) is 2.51. The van der Waals surface area contributed by atoms with Crippen molar-refractivity contribution in [3.63, 3.8) is 0 Å². The van der Waals surface area contributed by atoms with Crippen LogP contribution in [0.5, 0.6) is 0 Å². The fourth-order valence-corrected chi connectivity index (χ4v) is 1.81. The van der Waals surface area contributed by atoms with Crippen molar-refractivity contribution in [2.75, 3.05) is 6.61 Å². The van der Waals surface area contributed by atoms with E-state index in [1.807, 2.05) is 25.6 Å². The van der Waals surface area contributed by atoms with Crippen LogP contribution in [0.1, 0.15) is 30.3 Å². The maximum Gasteiger partial charge on any atom is 0.220 e. The van der Waals surface area contributed by atoms with Crippen molar-refractivity contribution < 1.29 is 9.90 Å². The minimum absolute atomic E-state index is 0.0311. The van der Waals surface area contributed by atoms with Crippen molar-refractivity contribution in [2.45, 2.75) is 39.7 Å². The zero-order valence-corrected chi connectivity index (χ0v) is 10.9. The molecular weight excluding hydrogens is 218 g/mol. The van der Waals surface area contributed by atoms with E-state index in [-0.39, 0.29) is 18.6 Å². The van der Waals surface area contributed by atoms with Crippen LogP contribution in [0.25, 0.3) is 0 Å². The van der Waals surface area contributed by atoms with Gasteiger partial charge in [-0.3, -0.25) is 9.48 Å². The Morgan fingerprint density at radius 2 is 2.18 bits per heavy atom. The van der Waals surface area contributed by atoms with E-state index in [1.54, 1.807) is 6.92 Å². The fraction of sp³-hybridized carbons (Fsp3) is 0.667. The van der Waals surface area contributed by atoms with Crippen LogP contribution in [0.3, 0.4) is 0 Å². The molecular formula is C12H21N3O2. The number of hydrogen-bond acceptors (Lipinski definition) is 3. The molecule has 0 aliphatic heterocycles. The standard InChI is InChI=1S/C12H21N3O2/c1-8(7-16)13-12(17)6-5-11-9(2)14-15(4)10(11)3/h8,16H,5-7H2,1-4H3,(H,13,17). The first-order valence-corrected chi connectivity index (χ1v) is 5.85. The molecule has 1 heterocycles. The summed E-state index contributed by atoms with van der Waals surface area (Å²) in [5, 5.41) is 15.9. The van der Waals surface area contributed by atoms with Crippen LogP contribution in [0.15, 0.2) is 0 Å². The number of aromatic nitrogens is 2. The molecule has 17 heavy (non-hydrogen) atoms. The van der Waals surface area contributed by atoms with Gasteiger partial charge in [0.2, 0.25) is 5.91 Å². The number of amides is 1. The molecule has 0 bridgehead atoms. The average molecular weight is 239 g/mol. The number of aliphatic hydroxyl groups excluding tert-OH is 1. The van der Waals surface area contributed by atoms with E-state index >= 15 is 0 Å². The zero-order chi connectivity index (χ0) is 13.0. The summed E-state index contributed by atoms with van der Waals surface area (Å²) >= 11 is 0. The van der Waals surface area contributed by atoms with Gasteiger partial charge in [-0.25, -0.2) is 0 Å². The molecule has 5 nitrogen and oxygen atoms in total. The van der Waals surface area contributed by atoms with E-state index in [9.17, 15) is 4.79 Å². The molecule has 0 spiro atoms. The molecule has 1 unspecified atom stereocenters. The number of aliphatic hydroxyl groups is 1. The monoisotopic (exact) mass is 239 g/mol. The molecule has 1 aromatic heterocycles. The zero-order valence-electron chi connectivity index (χ0n) is 10.9. The summed E-state index contributed by atoms with van der Waals surface area (Å²) in [4.78, 5) is 11.6. The lowest BCUT2D eigenvalue weighted by Crippen LogP contribution is -2.35. The third-order valence-electron chi connectivity index (χ3n) is 2.94. The predicted molar refractivity (Wildman–Crippen MR) is 65.7 cm³/mol. The number of nitrogens with zero attached hydrogens (tertiary/aromatic N) is 2. The number of carbonyl (C=O) groups excluding carboxylic acids is 1. The maximum atomic E-state index is 11.6. The second-order valence-corrected chi connectivity index (χ2v) is 4.42. The van der Waals surface area contributed by atoms with Crippen molar-refractivity contribution in [2.24, 2.45) is 7.05 Å². The summed E-state index contributed by atoms with van der Waals surface area (Å²) in [6.07, 6.45) is 1.12. The third-order valence-corrected chi connectivity index (χ3v) is 2.94. The minimum atomic E-state index is -0.182. The number of nitrogens with one attached hydrogen (secondary N) is 1. The van der Waals surface area contributed by atoms with Gasteiger partial charge < -0.3 is 10.4 Å². The van der Waals surface area contributed by atoms with Gasteiger partial charge in [0.15, 0.2) is 0 Å². The molecule has 1 atom stereocenters. The summed E-state index contributed by atoms with van der Waals surface area (Å²) in [5.41, 5.74) is 3.22. The van der Waals surface area contributed by atoms with Crippen molar-refractivity contribution in [1.29, 1.82) is 0 Å². The van der Waals surface area contributed by atoms with Gasteiger partial charge in [-0.05, 0) is 32.8 Å². The molecule has 0 aliphatic carbocycles. The van der Waals surface area contributed by atoms with Gasteiger partial charge in [-0.2, -0.15) is 5.10 Å². The first-order valence-electron chi connectivity index (χ1n) is 5.85. The Hall–Kier alpha value is -1.36. The van der Waals surface area contributed by atoms with Crippen LogP contribution in [-0.4, -0.2) is 33.4 Å². The van der Waals surface area contributed by atoms with E-state index in [0.717, 1.165) is 17.0 Å². The Morgan fingerprint density at radius 1 is 1.53 bits per heavy atom. The first kappa shape index (κ1) is 13.7. The Kier molecular flexibility index (Phi) is 4.69. The molecule has 0 saturated carbocycles. The molecule has 2 N–H and O–H groups in total. The van der Waals surface area contributed by atoms with Gasteiger partial charge in [-0.1, -0.05) is 0 Å². The highest BCUT2D eigenvalue weighted by Gasteiger charge is 2.12. The van der Waals surface area contributed by atoms with Gasteiger partial charge in [0.1, 0.15) is 0 Å². The summed E-state index contributed by atoms with van der Waals surface area (Å²) < 4.78 is 1.83. The van der Waals surface area contributed by atoms with E-state index in [0.29, 0.717) is 12.8 Å². The highest BCUT2D eigenvalue weighted by atomic mass is 16.3. The Labute approximate surface area is 102 Å². The molecule has 0 saturated heterocycles. The van der Waals surface area contributed by atoms with E-state index in [4.69, 9.17) is 5.11 Å². The van der Waals surface area contributed by atoms with Crippen LogP contribution < -0.4 is 5.32 Å². The molecule has 0 aliphatic rings. The number of hydrogen-bond donors (Lipinski definition) is 2. The Balaban J connectivity index is 2.53. The van der Waals surface area contributed by atoms with Gasteiger partial charge in [0.25, 0.3) is 0 Å². The van der Waals surface area contributed by atoms with E-state index in [1.165, 1.54) is 0 Å². The number of aryl methyl sites for hydroxylation is 2. The lowest BCUT2D eigenvalue weighted by molar-refractivity contribution is -0.121. The largest absolute Gasteiger partial charge is 0.394 e. The van der Waals surface area contributed by atoms with Crippen LogP contribution >= 0.6 is 0 Å². The SMILES string of the molecule is Cc1nn(C)c(C)c1CCC(=O)NC(C)CO. The first-order chi connectivity index (χ1) is 7.95. The molecule has 5 heteroatoms. The molecule has 1 amide bonds.